The zero-order valence-electron chi connectivity index (χ0n) is 11.2. The van der Waals surface area contributed by atoms with Gasteiger partial charge in [-0.25, -0.2) is 0 Å². The van der Waals surface area contributed by atoms with Crippen molar-refractivity contribution in [3.63, 3.8) is 0 Å². The Morgan fingerprint density at radius 1 is 1.47 bits per heavy atom. The maximum absolute atomic E-state index is 5.78. The van der Waals surface area contributed by atoms with Crippen LogP contribution in [0.15, 0.2) is 24.3 Å². The third-order valence-corrected chi connectivity index (χ3v) is 3.93. The number of benzene rings is 1. The maximum Gasteiger partial charge on any atom is 0.0889 e. The lowest BCUT2D eigenvalue weighted by Crippen LogP contribution is -2.37. The third-order valence-electron chi connectivity index (χ3n) is 3.93. The largest absolute Gasteiger partial charge is 0.381 e. The molecule has 3 N–H and O–H groups in total. The van der Waals surface area contributed by atoms with Crippen LogP contribution in [0.5, 0.6) is 0 Å². The molecule has 2 heterocycles. The number of hydrogen-bond donors (Lipinski definition) is 2. The highest BCUT2D eigenvalue weighted by molar-refractivity contribution is 5.82. The van der Waals surface area contributed by atoms with Gasteiger partial charge < -0.3 is 4.74 Å². The van der Waals surface area contributed by atoms with Gasteiger partial charge in [-0.3, -0.25) is 16.0 Å². The number of aryl methyl sites for hydroxylation is 1. The van der Waals surface area contributed by atoms with Crippen LogP contribution in [0, 0.1) is 5.92 Å². The van der Waals surface area contributed by atoms with E-state index in [-0.39, 0.29) is 6.04 Å². The molecule has 1 fully saturated rings. The van der Waals surface area contributed by atoms with Gasteiger partial charge in [0, 0.05) is 25.0 Å². The Morgan fingerprint density at radius 2 is 2.32 bits per heavy atom. The van der Waals surface area contributed by atoms with Crippen LogP contribution in [-0.4, -0.2) is 23.0 Å². The molecule has 19 heavy (non-hydrogen) atoms. The molecule has 1 saturated heterocycles. The molecule has 1 aliphatic heterocycles. The summed E-state index contributed by atoms with van der Waals surface area (Å²) < 4.78 is 7.49. The van der Waals surface area contributed by atoms with Crippen molar-refractivity contribution in [3.05, 3.63) is 30.0 Å². The van der Waals surface area contributed by atoms with Gasteiger partial charge >= 0.3 is 0 Å². The lowest BCUT2D eigenvalue weighted by molar-refractivity contribution is 0.0385. The number of hydrogen-bond acceptors (Lipinski definition) is 4. The predicted molar refractivity (Wildman–Crippen MR) is 74.3 cm³/mol. The van der Waals surface area contributed by atoms with Crippen molar-refractivity contribution in [2.24, 2.45) is 18.8 Å². The predicted octanol–water partition coefficient (Wildman–Crippen LogP) is 1.50. The average molecular weight is 260 g/mol. The van der Waals surface area contributed by atoms with Crippen LogP contribution >= 0.6 is 0 Å². The summed E-state index contributed by atoms with van der Waals surface area (Å²) >= 11 is 0. The van der Waals surface area contributed by atoms with E-state index in [1.54, 1.807) is 0 Å². The molecule has 102 valence electrons. The monoisotopic (exact) mass is 260 g/mol. The second kappa shape index (κ2) is 5.28. The molecule has 0 radical (unpaired) electrons. The summed E-state index contributed by atoms with van der Waals surface area (Å²) in [5, 5.41) is 5.82. The Hall–Kier alpha value is -1.43. The minimum Gasteiger partial charge on any atom is -0.381 e. The van der Waals surface area contributed by atoms with Crippen molar-refractivity contribution < 1.29 is 4.74 Å². The smallest absolute Gasteiger partial charge is 0.0889 e. The maximum atomic E-state index is 5.78. The number of nitrogens with zero attached hydrogens (tertiary/aromatic N) is 2. The highest BCUT2D eigenvalue weighted by Gasteiger charge is 2.28. The van der Waals surface area contributed by atoms with Crippen LogP contribution in [0.3, 0.4) is 0 Å². The zero-order chi connectivity index (χ0) is 13.2. The summed E-state index contributed by atoms with van der Waals surface area (Å²) in [6, 6.07) is 8.30. The molecule has 5 nitrogen and oxygen atoms in total. The van der Waals surface area contributed by atoms with Crippen molar-refractivity contribution in [2.45, 2.75) is 18.9 Å². The molecule has 2 aromatic rings. The van der Waals surface area contributed by atoms with Crippen LogP contribution in [-0.2, 0) is 11.8 Å². The van der Waals surface area contributed by atoms with E-state index in [0.29, 0.717) is 5.92 Å². The summed E-state index contributed by atoms with van der Waals surface area (Å²) in [5.74, 6) is 6.17. The van der Waals surface area contributed by atoms with E-state index in [1.807, 2.05) is 23.9 Å². The van der Waals surface area contributed by atoms with E-state index >= 15 is 0 Å². The molecule has 5 heteroatoms. The standard InChI is InChI=1S/C14H20N4O/c1-18-12-7-3-2-6-11(12)14(17-18)13(16-15)10-5-4-8-19-9-10/h2-3,6-7,10,13,16H,4-5,8-9,15H2,1H3. The first-order valence-electron chi connectivity index (χ1n) is 6.76. The Kier molecular flexibility index (Phi) is 3.50. The van der Waals surface area contributed by atoms with Gasteiger partial charge in [-0.05, 0) is 18.9 Å². The number of nitrogens with one attached hydrogen (secondary N) is 1. The highest BCUT2D eigenvalue weighted by atomic mass is 16.5. The van der Waals surface area contributed by atoms with Gasteiger partial charge in [0.15, 0.2) is 0 Å². The van der Waals surface area contributed by atoms with Gasteiger partial charge in [0.2, 0.25) is 0 Å². The van der Waals surface area contributed by atoms with E-state index in [2.05, 4.69) is 22.7 Å². The van der Waals surface area contributed by atoms with Crippen LogP contribution < -0.4 is 11.3 Å². The summed E-state index contributed by atoms with van der Waals surface area (Å²) in [7, 11) is 1.97. The molecule has 0 spiro atoms. The van der Waals surface area contributed by atoms with Crippen molar-refractivity contribution in [1.82, 2.24) is 15.2 Å². The number of para-hydroxylation sites is 1. The SMILES string of the molecule is Cn1nc(C(NN)C2CCCOC2)c2ccccc21. The topological polar surface area (TPSA) is 65.1 Å². The van der Waals surface area contributed by atoms with E-state index in [9.17, 15) is 0 Å². The lowest BCUT2D eigenvalue weighted by atomic mass is 9.91. The van der Waals surface area contributed by atoms with Crippen molar-refractivity contribution in [2.75, 3.05) is 13.2 Å². The van der Waals surface area contributed by atoms with Gasteiger partial charge in [0.1, 0.15) is 0 Å². The Morgan fingerprint density at radius 3 is 3.05 bits per heavy atom. The molecule has 2 unspecified atom stereocenters. The fraction of sp³-hybridized carbons (Fsp3) is 0.500. The lowest BCUT2D eigenvalue weighted by Gasteiger charge is -2.28. The molecule has 1 aromatic heterocycles. The average Bonchev–Trinajstić information content (AvgIpc) is 2.79. The molecular weight excluding hydrogens is 240 g/mol. The van der Waals surface area contributed by atoms with Crippen molar-refractivity contribution in [3.8, 4) is 0 Å². The Balaban J connectivity index is 2.01. The molecule has 0 bridgehead atoms. The summed E-state index contributed by atoms with van der Waals surface area (Å²) in [4.78, 5) is 0. The third kappa shape index (κ3) is 2.25. The van der Waals surface area contributed by atoms with Gasteiger partial charge in [0.25, 0.3) is 0 Å². The van der Waals surface area contributed by atoms with Gasteiger partial charge in [0.05, 0.1) is 23.9 Å². The van der Waals surface area contributed by atoms with Gasteiger partial charge in [-0.15, -0.1) is 0 Å². The Bertz CT molecular complexity index is 560. The second-order valence-corrected chi connectivity index (χ2v) is 5.15. The fourth-order valence-electron chi connectivity index (χ4n) is 2.94. The van der Waals surface area contributed by atoms with Crippen molar-refractivity contribution in [1.29, 1.82) is 0 Å². The second-order valence-electron chi connectivity index (χ2n) is 5.15. The summed E-state index contributed by atoms with van der Waals surface area (Å²) in [6.45, 7) is 1.61. The molecule has 1 aromatic carbocycles. The molecule has 0 aliphatic carbocycles. The van der Waals surface area contributed by atoms with Crippen LogP contribution in [0.4, 0.5) is 0 Å². The molecule has 0 amide bonds. The summed E-state index contributed by atoms with van der Waals surface area (Å²) in [5.41, 5.74) is 5.10. The van der Waals surface area contributed by atoms with Gasteiger partial charge in [-0.2, -0.15) is 5.10 Å². The summed E-state index contributed by atoms with van der Waals surface area (Å²) in [6.07, 6.45) is 2.22. The van der Waals surface area contributed by atoms with E-state index in [4.69, 9.17) is 10.6 Å². The minimum atomic E-state index is 0.0476. The molecule has 0 saturated carbocycles. The van der Waals surface area contributed by atoms with E-state index in [1.165, 1.54) is 5.39 Å². The normalized spacial score (nSPS) is 21.7. The van der Waals surface area contributed by atoms with Crippen LogP contribution in [0.1, 0.15) is 24.6 Å². The zero-order valence-corrected chi connectivity index (χ0v) is 11.2. The molecular formula is C14H20N4O. The van der Waals surface area contributed by atoms with Crippen LogP contribution in [0.25, 0.3) is 10.9 Å². The quantitative estimate of drug-likeness (QED) is 0.648. The van der Waals surface area contributed by atoms with E-state index in [0.717, 1.165) is 37.3 Å². The molecule has 1 aliphatic rings. The minimum absolute atomic E-state index is 0.0476. The number of hydrazine groups is 1. The first kappa shape index (κ1) is 12.6. The fourth-order valence-corrected chi connectivity index (χ4v) is 2.94. The number of fused-ring (bicyclic) bond motifs is 1. The number of rotatable bonds is 3. The number of aromatic nitrogens is 2. The molecule has 3 rings (SSSR count). The first-order valence-corrected chi connectivity index (χ1v) is 6.76. The number of nitrogens with two attached hydrogens (primary N) is 1. The molecule has 2 atom stereocenters. The Labute approximate surface area is 112 Å². The van der Waals surface area contributed by atoms with Crippen LogP contribution in [0.2, 0.25) is 0 Å². The first-order chi connectivity index (χ1) is 9.31. The highest BCUT2D eigenvalue weighted by Crippen LogP contribution is 2.31. The van der Waals surface area contributed by atoms with Gasteiger partial charge in [-0.1, -0.05) is 18.2 Å². The number of ether oxygens (including phenoxy) is 1. The van der Waals surface area contributed by atoms with Crippen molar-refractivity contribution >= 4 is 10.9 Å². The van der Waals surface area contributed by atoms with E-state index < -0.39 is 0 Å².